The highest BCUT2D eigenvalue weighted by Gasteiger charge is 2.31. The largest absolute Gasteiger partial charge is 0.496 e. The van der Waals surface area contributed by atoms with Gasteiger partial charge in [-0.1, -0.05) is 32.0 Å². The number of carbonyl (C=O) groups is 1. The van der Waals surface area contributed by atoms with Gasteiger partial charge in [-0.25, -0.2) is 0 Å². The molecule has 1 aromatic rings. The summed E-state index contributed by atoms with van der Waals surface area (Å²) in [6, 6.07) is 7.86. The average Bonchev–Trinajstić information content (AvgIpc) is 2.44. The Morgan fingerprint density at radius 2 is 2.00 bits per heavy atom. The van der Waals surface area contributed by atoms with Crippen LogP contribution >= 0.6 is 0 Å². The van der Waals surface area contributed by atoms with Crippen LogP contribution in [0.15, 0.2) is 24.3 Å². The highest BCUT2D eigenvalue weighted by atomic mass is 16.5. The maximum absolute atomic E-state index is 12.5. The van der Waals surface area contributed by atoms with Gasteiger partial charge in [0.05, 0.1) is 7.11 Å². The van der Waals surface area contributed by atoms with Crippen LogP contribution in [0.25, 0.3) is 0 Å². The first-order chi connectivity index (χ1) is 9.42. The first-order valence-corrected chi connectivity index (χ1v) is 6.94. The molecule has 1 amide bonds. The molecule has 0 saturated carbocycles. The number of likely N-dealkylation sites (N-methyl/N-ethyl adjacent to an activating group) is 2. The summed E-state index contributed by atoms with van der Waals surface area (Å²) in [5.74, 6) is 0.991. The predicted octanol–water partition coefficient (Wildman–Crippen LogP) is 1.94. The highest BCUT2D eigenvalue weighted by molar-refractivity contribution is 5.82. The number of carbonyl (C=O) groups excluding carboxylic acids is 1. The lowest BCUT2D eigenvalue weighted by Gasteiger charge is -2.30. The molecule has 1 rings (SSSR count). The van der Waals surface area contributed by atoms with E-state index in [9.17, 15) is 4.79 Å². The number of hydrogen-bond donors (Lipinski definition) is 1. The van der Waals surface area contributed by atoms with Crippen molar-refractivity contribution in [3.63, 3.8) is 0 Å². The van der Waals surface area contributed by atoms with Crippen molar-refractivity contribution in [1.29, 1.82) is 0 Å². The molecule has 4 heteroatoms. The fourth-order valence-corrected chi connectivity index (χ4v) is 2.30. The quantitative estimate of drug-likeness (QED) is 0.829. The number of amides is 1. The lowest BCUT2D eigenvalue weighted by atomic mass is 9.84. The molecule has 0 fully saturated rings. The minimum Gasteiger partial charge on any atom is -0.496 e. The summed E-state index contributed by atoms with van der Waals surface area (Å²) >= 11 is 0. The van der Waals surface area contributed by atoms with Crippen LogP contribution in [0.5, 0.6) is 5.75 Å². The Hall–Kier alpha value is -1.55. The Morgan fingerprint density at radius 1 is 1.35 bits per heavy atom. The molecule has 0 bridgehead atoms. The van der Waals surface area contributed by atoms with E-state index >= 15 is 0 Å². The predicted molar refractivity (Wildman–Crippen MR) is 82.0 cm³/mol. The molecule has 0 heterocycles. The molecule has 0 radical (unpaired) electrons. The van der Waals surface area contributed by atoms with Crippen LogP contribution in [0.3, 0.4) is 0 Å². The number of hydrogen-bond acceptors (Lipinski definition) is 3. The standard InChI is InChI=1S/C16H26N2O2/c1-16(2,15(19)18(4)11-10-17-3)12-13-8-6-7-9-14(13)20-5/h6-9,17H,10-12H2,1-5H3. The molecule has 0 aliphatic heterocycles. The number of ether oxygens (including phenoxy) is 1. The third kappa shape index (κ3) is 4.23. The molecule has 112 valence electrons. The van der Waals surface area contributed by atoms with E-state index in [0.29, 0.717) is 13.0 Å². The Kier molecular flexibility index (Phi) is 6.02. The maximum Gasteiger partial charge on any atom is 0.228 e. The second-order valence-electron chi connectivity index (χ2n) is 5.70. The van der Waals surface area contributed by atoms with Crippen LogP contribution in [0.1, 0.15) is 19.4 Å². The van der Waals surface area contributed by atoms with Gasteiger partial charge in [0, 0.05) is 25.6 Å². The topological polar surface area (TPSA) is 41.6 Å². The zero-order valence-corrected chi connectivity index (χ0v) is 13.2. The summed E-state index contributed by atoms with van der Waals surface area (Å²) in [4.78, 5) is 14.3. The van der Waals surface area contributed by atoms with Gasteiger partial charge in [-0.3, -0.25) is 4.79 Å². The molecule has 0 aliphatic rings. The molecule has 0 saturated heterocycles. The van der Waals surface area contributed by atoms with E-state index in [-0.39, 0.29) is 5.91 Å². The molecule has 0 atom stereocenters. The summed E-state index contributed by atoms with van der Waals surface area (Å²) in [6.45, 7) is 5.48. The molecule has 1 aromatic carbocycles. The van der Waals surface area contributed by atoms with Crippen molar-refractivity contribution in [2.75, 3.05) is 34.3 Å². The van der Waals surface area contributed by atoms with E-state index in [1.54, 1.807) is 12.0 Å². The van der Waals surface area contributed by atoms with Crippen molar-refractivity contribution >= 4 is 5.91 Å². The second kappa shape index (κ2) is 7.29. The normalized spacial score (nSPS) is 11.2. The molecule has 0 aliphatic carbocycles. The van der Waals surface area contributed by atoms with Gasteiger partial charge in [-0.15, -0.1) is 0 Å². The van der Waals surface area contributed by atoms with Gasteiger partial charge in [0.1, 0.15) is 5.75 Å². The first kappa shape index (κ1) is 16.5. The third-order valence-corrected chi connectivity index (χ3v) is 3.45. The van der Waals surface area contributed by atoms with Crippen LogP contribution in [-0.2, 0) is 11.2 Å². The molecular weight excluding hydrogens is 252 g/mol. The zero-order chi connectivity index (χ0) is 15.2. The zero-order valence-electron chi connectivity index (χ0n) is 13.2. The van der Waals surface area contributed by atoms with E-state index in [2.05, 4.69) is 5.32 Å². The number of benzene rings is 1. The lowest BCUT2D eigenvalue weighted by Crippen LogP contribution is -2.42. The SMILES string of the molecule is CNCCN(C)C(=O)C(C)(C)Cc1ccccc1OC. The first-order valence-electron chi connectivity index (χ1n) is 6.94. The van der Waals surface area contributed by atoms with Gasteiger partial charge < -0.3 is 15.0 Å². The van der Waals surface area contributed by atoms with Gasteiger partial charge in [0.25, 0.3) is 0 Å². The van der Waals surface area contributed by atoms with E-state index in [4.69, 9.17) is 4.74 Å². The maximum atomic E-state index is 12.5. The average molecular weight is 278 g/mol. The van der Waals surface area contributed by atoms with Gasteiger partial charge in [-0.05, 0) is 25.1 Å². The van der Waals surface area contributed by atoms with E-state index in [0.717, 1.165) is 17.9 Å². The summed E-state index contributed by atoms with van der Waals surface area (Å²) in [5, 5.41) is 3.06. The monoisotopic (exact) mass is 278 g/mol. The van der Waals surface area contributed by atoms with Crippen molar-refractivity contribution in [1.82, 2.24) is 10.2 Å². The fourth-order valence-electron chi connectivity index (χ4n) is 2.30. The van der Waals surface area contributed by atoms with Crippen LogP contribution in [-0.4, -0.2) is 45.1 Å². The van der Waals surface area contributed by atoms with Gasteiger partial charge in [-0.2, -0.15) is 0 Å². The van der Waals surface area contributed by atoms with Crippen LogP contribution in [0, 0.1) is 5.41 Å². The lowest BCUT2D eigenvalue weighted by molar-refractivity contribution is -0.138. The number of para-hydroxylation sites is 1. The van der Waals surface area contributed by atoms with E-state index < -0.39 is 5.41 Å². The van der Waals surface area contributed by atoms with Crippen molar-refractivity contribution in [3.05, 3.63) is 29.8 Å². The van der Waals surface area contributed by atoms with Crippen LogP contribution in [0.4, 0.5) is 0 Å². The van der Waals surface area contributed by atoms with Crippen LogP contribution < -0.4 is 10.1 Å². The minimum absolute atomic E-state index is 0.152. The molecule has 1 N–H and O–H groups in total. The van der Waals surface area contributed by atoms with Crippen molar-refractivity contribution in [2.45, 2.75) is 20.3 Å². The Balaban J connectivity index is 2.80. The molecule has 20 heavy (non-hydrogen) atoms. The fraction of sp³-hybridized carbons (Fsp3) is 0.562. The molecule has 0 spiro atoms. The number of nitrogens with zero attached hydrogens (tertiary/aromatic N) is 1. The summed E-state index contributed by atoms with van der Waals surface area (Å²) < 4.78 is 5.36. The molecule has 0 unspecified atom stereocenters. The van der Waals surface area contributed by atoms with Gasteiger partial charge >= 0.3 is 0 Å². The van der Waals surface area contributed by atoms with Crippen molar-refractivity contribution < 1.29 is 9.53 Å². The number of nitrogens with one attached hydrogen (secondary N) is 1. The summed E-state index contributed by atoms with van der Waals surface area (Å²) in [6.07, 6.45) is 0.666. The summed E-state index contributed by atoms with van der Waals surface area (Å²) in [7, 11) is 5.40. The van der Waals surface area contributed by atoms with Crippen molar-refractivity contribution in [2.24, 2.45) is 5.41 Å². The Labute approximate surface area is 122 Å². The Bertz CT molecular complexity index is 444. The van der Waals surface area contributed by atoms with Gasteiger partial charge in [0.15, 0.2) is 0 Å². The molecule has 4 nitrogen and oxygen atoms in total. The molecule has 0 aromatic heterocycles. The van der Waals surface area contributed by atoms with E-state index in [1.807, 2.05) is 52.2 Å². The number of methoxy groups -OCH3 is 1. The Morgan fingerprint density at radius 3 is 2.60 bits per heavy atom. The van der Waals surface area contributed by atoms with Crippen molar-refractivity contribution in [3.8, 4) is 5.75 Å². The second-order valence-corrected chi connectivity index (χ2v) is 5.70. The van der Waals surface area contributed by atoms with Crippen LogP contribution in [0.2, 0.25) is 0 Å². The van der Waals surface area contributed by atoms with E-state index in [1.165, 1.54) is 0 Å². The minimum atomic E-state index is -0.447. The van der Waals surface area contributed by atoms with Gasteiger partial charge in [0.2, 0.25) is 5.91 Å². The molecular formula is C16H26N2O2. The number of rotatable bonds is 7. The smallest absolute Gasteiger partial charge is 0.228 e. The summed E-state index contributed by atoms with van der Waals surface area (Å²) in [5.41, 5.74) is 0.618. The third-order valence-electron chi connectivity index (χ3n) is 3.45. The highest BCUT2D eigenvalue weighted by Crippen LogP contribution is 2.29.